The van der Waals surface area contributed by atoms with Gasteiger partial charge in [-0.05, 0) is 57.9 Å². The number of nitrogens with zero attached hydrogens (tertiary/aromatic N) is 1. The number of nitrogens with one attached hydrogen (secondary N) is 1. The molecule has 0 aromatic rings. The lowest BCUT2D eigenvalue weighted by molar-refractivity contribution is -0.122. The standard InChI is InChI=1S/C17H33N3O/c1-13-6-5-9-20(11-13)17(2,3)12-19-16(21)10-14-7-4-8-15(14)18/h13-15H,4-12,18H2,1-3H3,(H,19,21)/t13?,14-,15+/m0/s1. The molecule has 1 unspecified atom stereocenters. The van der Waals surface area contributed by atoms with E-state index in [4.69, 9.17) is 5.73 Å². The Bertz CT molecular complexity index is 356. The Morgan fingerprint density at radius 3 is 2.67 bits per heavy atom. The molecule has 1 saturated carbocycles. The molecule has 122 valence electrons. The van der Waals surface area contributed by atoms with Gasteiger partial charge in [0.1, 0.15) is 0 Å². The summed E-state index contributed by atoms with van der Waals surface area (Å²) in [5, 5.41) is 3.15. The molecule has 3 atom stereocenters. The van der Waals surface area contributed by atoms with E-state index in [0.717, 1.165) is 38.4 Å². The van der Waals surface area contributed by atoms with Crippen LogP contribution >= 0.6 is 0 Å². The number of piperidine rings is 1. The third-order valence-electron chi connectivity index (χ3n) is 5.40. The van der Waals surface area contributed by atoms with Crippen LogP contribution in [-0.2, 0) is 4.79 Å². The molecule has 1 aliphatic carbocycles. The molecule has 0 bridgehead atoms. The third-order valence-corrected chi connectivity index (χ3v) is 5.40. The molecule has 4 nitrogen and oxygen atoms in total. The van der Waals surface area contributed by atoms with Crippen LogP contribution in [0.3, 0.4) is 0 Å². The van der Waals surface area contributed by atoms with Gasteiger partial charge < -0.3 is 11.1 Å². The first kappa shape index (κ1) is 16.8. The number of rotatable bonds is 5. The first-order chi connectivity index (χ1) is 9.88. The Labute approximate surface area is 129 Å². The summed E-state index contributed by atoms with van der Waals surface area (Å²) < 4.78 is 0. The maximum Gasteiger partial charge on any atom is 0.220 e. The van der Waals surface area contributed by atoms with Gasteiger partial charge in [-0.1, -0.05) is 13.3 Å². The van der Waals surface area contributed by atoms with E-state index in [2.05, 4.69) is 31.0 Å². The summed E-state index contributed by atoms with van der Waals surface area (Å²) in [4.78, 5) is 14.7. The molecule has 2 fully saturated rings. The van der Waals surface area contributed by atoms with Crippen molar-refractivity contribution in [3.8, 4) is 0 Å². The van der Waals surface area contributed by atoms with Crippen molar-refractivity contribution in [3.05, 3.63) is 0 Å². The van der Waals surface area contributed by atoms with Gasteiger partial charge in [0.25, 0.3) is 0 Å². The first-order valence-corrected chi connectivity index (χ1v) is 8.66. The Balaban J connectivity index is 1.76. The summed E-state index contributed by atoms with van der Waals surface area (Å²) in [6.45, 7) is 9.85. The Kier molecular flexibility index (Phi) is 5.67. The molecule has 0 aromatic carbocycles. The summed E-state index contributed by atoms with van der Waals surface area (Å²) in [6, 6.07) is 0.228. The fourth-order valence-electron chi connectivity index (χ4n) is 3.80. The highest BCUT2D eigenvalue weighted by Crippen LogP contribution is 2.27. The minimum absolute atomic E-state index is 0.0438. The van der Waals surface area contributed by atoms with Crippen LogP contribution in [0.4, 0.5) is 0 Å². The van der Waals surface area contributed by atoms with Crippen molar-refractivity contribution < 1.29 is 4.79 Å². The molecule has 0 spiro atoms. The van der Waals surface area contributed by atoms with Gasteiger partial charge in [0, 0.05) is 31.1 Å². The quantitative estimate of drug-likeness (QED) is 0.817. The minimum Gasteiger partial charge on any atom is -0.354 e. The second-order valence-electron chi connectivity index (χ2n) is 7.84. The molecule has 0 radical (unpaired) electrons. The van der Waals surface area contributed by atoms with Crippen LogP contribution < -0.4 is 11.1 Å². The third kappa shape index (κ3) is 4.68. The van der Waals surface area contributed by atoms with E-state index in [-0.39, 0.29) is 17.5 Å². The molecule has 0 aromatic heterocycles. The SMILES string of the molecule is CC1CCCN(C(C)(C)CNC(=O)C[C@@H]2CCC[C@H]2N)C1. The van der Waals surface area contributed by atoms with Crippen LogP contribution in [0.1, 0.15) is 59.3 Å². The van der Waals surface area contributed by atoms with Crippen LogP contribution in [-0.4, -0.2) is 42.0 Å². The molecule has 2 aliphatic rings. The van der Waals surface area contributed by atoms with Gasteiger partial charge >= 0.3 is 0 Å². The molecule has 2 rings (SSSR count). The fourth-order valence-corrected chi connectivity index (χ4v) is 3.80. The van der Waals surface area contributed by atoms with Crippen LogP contribution in [0, 0.1) is 11.8 Å². The van der Waals surface area contributed by atoms with Gasteiger partial charge in [-0.25, -0.2) is 0 Å². The normalized spacial score (nSPS) is 31.3. The molecule has 1 aliphatic heterocycles. The topological polar surface area (TPSA) is 58.4 Å². The Morgan fingerprint density at radius 1 is 1.29 bits per heavy atom. The zero-order chi connectivity index (χ0) is 15.5. The maximum atomic E-state index is 12.2. The predicted molar refractivity (Wildman–Crippen MR) is 87.0 cm³/mol. The summed E-state index contributed by atoms with van der Waals surface area (Å²) in [5.74, 6) is 1.34. The number of hydrogen-bond donors (Lipinski definition) is 2. The van der Waals surface area contributed by atoms with E-state index in [0.29, 0.717) is 12.3 Å². The van der Waals surface area contributed by atoms with Gasteiger partial charge in [-0.3, -0.25) is 9.69 Å². The van der Waals surface area contributed by atoms with Crippen molar-refractivity contribution in [1.82, 2.24) is 10.2 Å². The van der Waals surface area contributed by atoms with E-state index in [9.17, 15) is 4.79 Å². The van der Waals surface area contributed by atoms with Crippen molar-refractivity contribution in [2.45, 2.75) is 70.9 Å². The molecule has 3 N–H and O–H groups in total. The molecular weight excluding hydrogens is 262 g/mol. The maximum absolute atomic E-state index is 12.2. The summed E-state index contributed by atoms with van der Waals surface area (Å²) >= 11 is 0. The van der Waals surface area contributed by atoms with Crippen LogP contribution in [0.2, 0.25) is 0 Å². The molecular formula is C17H33N3O. The van der Waals surface area contributed by atoms with Crippen molar-refractivity contribution >= 4 is 5.91 Å². The van der Waals surface area contributed by atoms with Crippen LogP contribution in [0.5, 0.6) is 0 Å². The van der Waals surface area contributed by atoms with Crippen molar-refractivity contribution in [1.29, 1.82) is 0 Å². The minimum atomic E-state index is 0.0438. The number of carbonyl (C=O) groups is 1. The van der Waals surface area contributed by atoms with E-state index in [1.807, 2.05) is 0 Å². The average Bonchev–Trinajstić information content (AvgIpc) is 2.82. The van der Waals surface area contributed by atoms with Gasteiger partial charge in [0.2, 0.25) is 5.91 Å². The van der Waals surface area contributed by atoms with Crippen molar-refractivity contribution in [3.63, 3.8) is 0 Å². The predicted octanol–water partition coefficient (Wildman–Crippen LogP) is 2.13. The number of amides is 1. The smallest absolute Gasteiger partial charge is 0.220 e. The lowest BCUT2D eigenvalue weighted by atomic mass is 9.93. The highest BCUT2D eigenvalue weighted by molar-refractivity contribution is 5.76. The molecule has 1 amide bonds. The van der Waals surface area contributed by atoms with Crippen LogP contribution in [0.25, 0.3) is 0 Å². The fraction of sp³-hybridized carbons (Fsp3) is 0.941. The monoisotopic (exact) mass is 295 g/mol. The first-order valence-electron chi connectivity index (χ1n) is 8.66. The zero-order valence-electron chi connectivity index (χ0n) is 14.0. The number of hydrogen-bond acceptors (Lipinski definition) is 3. The van der Waals surface area contributed by atoms with Crippen molar-refractivity contribution in [2.75, 3.05) is 19.6 Å². The largest absolute Gasteiger partial charge is 0.354 e. The van der Waals surface area contributed by atoms with E-state index in [1.54, 1.807) is 0 Å². The van der Waals surface area contributed by atoms with Gasteiger partial charge in [-0.2, -0.15) is 0 Å². The van der Waals surface area contributed by atoms with Gasteiger partial charge in [-0.15, -0.1) is 0 Å². The number of likely N-dealkylation sites (tertiary alicyclic amines) is 1. The second kappa shape index (κ2) is 7.10. The lowest BCUT2D eigenvalue weighted by Gasteiger charge is -2.43. The van der Waals surface area contributed by atoms with Gasteiger partial charge in [0.05, 0.1) is 0 Å². The molecule has 1 heterocycles. The summed E-state index contributed by atoms with van der Waals surface area (Å²) in [6.07, 6.45) is 6.58. The Morgan fingerprint density at radius 2 is 2.05 bits per heavy atom. The van der Waals surface area contributed by atoms with E-state index >= 15 is 0 Å². The number of carbonyl (C=O) groups excluding carboxylic acids is 1. The molecule has 1 saturated heterocycles. The summed E-state index contributed by atoms with van der Waals surface area (Å²) in [7, 11) is 0. The number of nitrogens with two attached hydrogens (primary N) is 1. The highest BCUT2D eigenvalue weighted by Gasteiger charge is 2.31. The Hall–Kier alpha value is -0.610. The zero-order valence-corrected chi connectivity index (χ0v) is 14.0. The van der Waals surface area contributed by atoms with E-state index in [1.165, 1.54) is 19.3 Å². The average molecular weight is 295 g/mol. The second-order valence-corrected chi connectivity index (χ2v) is 7.84. The van der Waals surface area contributed by atoms with E-state index < -0.39 is 0 Å². The van der Waals surface area contributed by atoms with Crippen LogP contribution in [0.15, 0.2) is 0 Å². The van der Waals surface area contributed by atoms with Gasteiger partial charge in [0.15, 0.2) is 0 Å². The van der Waals surface area contributed by atoms with Crippen molar-refractivity contribution in [2.24, 2.45) is 17.6 Å². The molecule has 4 heteroatoms. The molecule has 21 heavy (non-hydrogen) atoms. The highest BCUT2D eigenvalue weighted by atomic mass is 16.1. The lowest BCUT2D eigenvalue weighted by Crippen LogP contribution is -2.54. The summed E-state index contributed by atoms with van der Waals surface area (Å²) in [5.41, 5.74) is 6.10.